The van der Waals surface area contributed by atoms with Gasteiger partial charge in [-0.3, -0.25) is 9.69 Å². The lowest BCUT2D eigenvalue weighted by molar-refractivity contribution is -0.123. The monoisotopic (exact) mass is 396 g/mol. The molecule has 0 saturated carbocycles. The average molecular weight is 397 g/mol. The maximum atomic E-state index is 12.4. The van der Waals surface area contributed by atoms with Gasteiger partial charge >= 0.3 is 0 Å². The van der Waals surface area contributed by atoms with Gasteiger partial charge in [0.1, 0.15) is 11.5 Å². The lowest BCUT2D eigenvalue weighted by Gasteiger charge is -2.31. The number of hydrogen-bond acceptors (Lipinski definition) is 4. The molecule has 1 amide bonds. The van der Waals surface area contributed by atoms with Gasteiger partial charge in [0.05, 0.1) is 13.2 Å². The predicted octanol–water partition coefficient (Wildman–Crippen LogP) is 4.12. The van der Waals surface area contributed by atoms with E-state index < -0.39 is 0 Å². The zero-order chi connectivity index (χ0) is 20.5. The summed E-state index contributed by atoms with van der Waals surface area (Å²) in [7, 11) is 1.68. The molecule has 0 radical (unpaired) electrons. The van der Waals surface area contributed by atoms with Crippen LogP contribution < -0.4 is 14.8 Å². The second-order valence-corrected chi connectivity index (χ2v) is 7.64. The molecule has 1 aliphatic heterocycles. The minimum absolute atomic E-state index is 0.0262. The van der Waals surface area contributed by atoms with Crippen molar-refractivity contribution in [1.82, 2.24) is 10.2 Å². The summed E-state index contributed by atoms with van der Waals surface area (Å²) in [5.74, 6) is 1.46. The van der Waals surface area contributed by atoms with E-state index in [-0.39, 0.29) is 18.6 Å². The molecule has 3 rings (SSSR count). The molecule has 2 aromatic rings. The summed E-state index contributed by atoms with van der Waals surface area (Å²) in [6, 6.07) is 16.1. The molecule has 1 fully saturated rings. The van der Waals surface area contributed by atoms with Gasteiger partial charge in [0.2, 0.25) is 0 Å². The Hall–Kier alpha value is -2.53. The number of methoxy groups -OCH3 is 1. The van der Waals surface area contributed by atoms with Crippen LogP contribution in [0.5, 0.6) is 11.5 Å². The van der Waals surface area contributed by atoms with E-state index in [1.54, 1.807) is 7.11 Å². The molecular weight excluding hydrogens is 364 g/mol. The van der Waals surface area contributed by atoms with Gasteiger partial charge in [-0.05, 0) is 62.7 Å². The Labute approximate surface area is 174 Å². The molecule has 1 atom stereocenters. The summed E-state index contributed by atoms with van der Waals surface area (Å²) in [4.78, 5) is 14.9. The average Bonchev–Trinajstić information content (AvgIpc) is 3.03. The first-order valence-corrected chi connectivity index (χ1v) is 10.5. The van der Waals surface area contributed by atoms with Crippen LogP contribution in [0.15, 0.2) is 48.5 Å². The molecule has 29 heavy (non-hydrogen) atoms. The van der Waals surface area contributed by atoms with Crippen LogP contribution in [-0.4, -0.2) is 44.2 Å². The lowest BCUT2D eigenvalue weighted by atomic mass is 10.0. The van der Waals surface area contributed by atoms with Crippen molar-refractivity contribution in [3.63, 3.8) is 0 Å². The summed E-state index contributed by atoms with van der Waals surface area (Å²) in [6.45, 7) is 4.75. The van der Waals surface area contributed by atoms with Gasteiger partial charge in [-0.15, -0.1) is 0 Å². The summed E-state index contributed by atoms with van der Waals surface area (Å²) in [5, 5.41) is 3.07. The zero-order valence-electron chi connectivity index (χ0n) is 17.5. The third-order valence-electron chi connectivity index (χ3n) is 5.47. The molecule has 0 spiro atoms. The van der Waals surface area contributed by atoms with Crippen molar-refractivity contribution >= 4 is 5.91 Å². The number of rotatable bonds is 8. The molecule has 1 heterocycles. The Kier molecular flexibility index (Phi) is 7.94. The van der Waals surface area contributed by atoms with Crippen LogP contribution in [0.1, 0.15) is 42.9 Å². The number of benzene rings is 2. The first-order chi connectivity index (χ1) is 14.2. The Morgan fingerprint density at radius 2 is 1.59 bits per heavy atom. The van der Waals surface area contributed by atoms with Crippen molar-refractivity contribution in [2.45, 2.75) is 38.6 Å². The molecule has 1 aliphatic rings. The van der Waals surface area contributed by atoms with Crippen LogP contribution in [0.25, 0.3) is 0 Å². The largest absolute Gasteiger partial charge is 0.497 e. The molecular formula is C24H32N2O3. The number of nitrogens with one attached hydrogen (secondary N) is 1. The van der Waals surface area contributed by atoms with E-state index >= 15 is 0 Å². The SMILES string of the molecule is COc1ccc(C(CNC(=O)COc2ccc(C)cc2)N2CCCCCC2)cc1. The number of carbonyl (C=O) groups excluding carboxylic acids is 1. The van der Waals surface area contributed by atoms with E-state index in [1.165, 1.54) is 36.8 Å². The third-order valence-corrected chi connectivity index (χ3v) is 5.47. The quantitative estimate of drug-likeness (QED) is 0.729. The molecule has 0 aromatic heterocycles. The first-order valence-electron chi connectivity index (χ1n) is 10.5. The molecule has 1 N–H and O–H groups in total. The van der Waals surface area contributed by atoms with E-state index in [0.717, 1.165) is 18.8 Å². The lowest BCUT2D eigenvalue weighted by Crippen LogP contribution is -2.40. The van der Waals surface area contributed by atoms with Gasteiger partial charge in [-0.2, -0.15) is 0 Å². The van der Waals surface area contributed by atoms with Crippen LogP contribution >= 0.6 is 0 Å². The van der Waals surface area contributed by atoms with Crippen molar-refractivity contribution in [1.29, 1.82) is 0 Å². The summed E-state index contributed by atoms with van der Waals surface area (Å²) in [6.07, 6.45) is 4.97. The Morgan fingerprint density at radius 1 is 0.966 bits per heavy atom. The maximum absolute atomic E-state index is 12.4. The van der Waals surface area contributed by atoms with Gasteiger partial charge in [0, 0.05) is 6.54 Å². The topological polar surface area (TPSA) is 50.8 Å². The Bertz CT molecular complexity index is 751. The summed E-state index contributed by atoms with van der Waals surface area (Å²) in [5.41, 5.74) is 2.37. The van der Waals surface area contributed by atoms with Gasteiger partial charge in [-0.1, -0.05) is 42.7 Å². The van der Waals surface area contributed by atoms with Crippen molar-refractivity contribution in [3.05, 3.63) is 59.7 Å². The van der Waals surface area contributed by atoms with Crippen molar-refractivity contribution in [2.24, 2.45) is 0 Å². The molecule has 5 heteroatoms. The number of likely N-dealkylation sites (tertiary alicyclic amines) is 1. The van der Waals surface area contributed by atoms with E-state index in [1.807, 2.05) is 43.3 Å². The van der Waals surface area contributed by atoms with Crippen molar-refractivity contribution in [2.75, 3.05) is 33.4 Å². The second kappa shape index (κ2) is 10.9. The fraction of sp³-hybridized carbons (Fsp3) is 0.458. The highest BCUT2D eigenvalue weighted by atomic mass is 16.5. The number of hydrogen-bond donors (Lipinski definition) is 1. The molecule has 0 aliphatic carbocycles. The molecule has 1 saturated heterocycles. The number of ether oxygens (including phenoxy) is 2. The highest BCUT2D eigenvalue weighted by Crippen LogP contribution is 2.25. The summed E-state index contributed by atoms with van der Waals surface area (Å²) < 4.78 is 10.9. The van der Waals surface area contributed by atoms with Crippen molar-refractivity contribution in [3.8, 4) is 11.5 Å². The third kappa shape index (κ3) is 6.50. The fourth-order valence-electron chi connectivity index (χ4n) is 3.74. The minimum Gasteiger partial charge on any atom is -0.497 e. The number of amides is 1. The smallest absolute Gasteiger partial charge is 0.258 e. The van der Waals surface area contributed by atoms with Crippen LogP contribution in [0, 0.1) is 6.92 Å². The number of nitrogens with zero attached hydrogens (tertiary/aromatic N) is 1. The highest BCUT2D eigenvalue weighted by Gasteiger charge is 2.22. The number of aryl methyl sites for hydroxylation is 1. The minimum atomic E-state index is -0.0982. The highest BCUT2D eigenvalue weighted by molar-refractivity contribution is 5.77. The normalized spacial score (nSPS) is 15.9. The molecule has 1 unspecified atom stereocenters. The van der Waals surface area contributed by atoms with E-state index in [9.17, 15) is 4.79 Å². The summed E-state index contributed by atoms with van der Waals surface area (Å²) >= 11 is 0. The zero-order valence-corrected chi connectivity index (χ0v) is 17.5. The Balaban J connectivity index is 1.60. The fourth-order valence-corrected chi connectivity index (χ4v) is 3.74. The van der Waals surface area contributed by atoms with Crippen LogP contribution in [0.3, 0.4) is 0 Å². The molecule has 5 nitrogen and oxygen atoms in total. The van der Waals surface area contributed by atoms with Crippen LogP contribution in [0.2, 0.25) is 0 Å². The maximum Gasteiger partial charge on any atom is 0.258 e. The van der Waals surface area contributed by atoms with Crippen LogP contribution in [-0.2, 0) is 4.79 Å². The van der Waals surface area contributed by atoms with Crippen molar-refractivity contribution < 1.29 is 14.3 Å². The van der Waals surface area contributed by atoms with E-state index in [4.69, 9.17) is 9.47 Å². The predicted molar refractivity (Wildman–Crippen MR) is 115 cm³/mol. The van der Waals surface area contributed by atoms with Gasteiger partial charge in [-0.25, -0.2) is 0 Å². The van der Waals surface area contributed by atoms with Crippen LogP contribution in [0.4, 0.5) is 0 Å². The standard InChI is InChI=1S/C24H32N2O3/c1-19-7-11-22(12-8-19)29-18-24(27)25-17-23(26-15-5-3-4-6-16-26)20-9-13-21(28-2)14-10-20/h7-14,23H,3-6,15-18H2,1-2H3,(H,25,27). The second-order valence-electron chi connectivity index (χ2n) is 7.64. The van der Waals surface area contributed by atoms with Gasteiger partial charge in [0.15, 0.2) is 6.61 Å². The molecule has 0 bridgehead atoms. The van der Waals surface area contributed by atoms with E-state index in [2.05, 4.69) is 22.3 Å². The number of carbonyl (C=O) groups is 1. The first kappa shape index (κ1) is 21.2. The van der Waals surface area contributed by atoms with Gasteiger partial charge in [0.25, 0.3) is 5.91 Å². The molecule has 156 valence electrons. The Morgan fingerprint density at radius 3 is 2.21 bits per heavy atom. The van der Waals surface area contributed by atoms with E-state index in [0.29, 0.717) is 12.3 Å². The molecule has 2 aromatic carbocycles. The van der Waals surface area contributed by atoms with Gasteiger partial charge < -0.3 is 14.8 Å².